The Morgan fingerprint density at radius 2 is 1.63 bits per heavy atom. The molecule has 0 radical (unpaired) electrons. The minimum atomic E-state index is -1.17. The van der Waals surface area contributed by atoms with E-state index in [0.29, 0.717) is 22.8 Å². The van der Waals surface area contributed by atoms with Crippen LogP contribution in [0.3, 0.4) is 0 Å². The number of hydrogen-bond acceptors (Lipinski definition) is 2. The molecular formula is C25H26N2O2S. The van der Waals surface area contributed by atoms with Crippen LogP contribution in [0.4, 0.5) is 0 Å². The normalized spacial score (nSPS) is 12.4. The third-order valence-corrected chi connectivity index (χ3v) is 6.92. The van der Waals surface area contributed by atoms with Gasteiger partial charge in [0, 0.05) is 47.7 Å². The standard InChI is InChI=1S/C25H26N2O2S/c1-4-27-22-12-8-6-10-19(22)21-16-18(14-15-23(21)27)17-26(3)25(28)20-11-7-9-13-24(20)30(29)5-2/h6-16H,4-5,17H2,1-3H3. The molecule has 30 heavy (non-hydrogen) atoms. The molecule has 1 unspecified atom stereocenters. The molecule has 5 heteroatoms. The molecule has 1 heterocycles. The first-order valence-corrected chi connectivity index (χ1v) is 11.6. The van der Waals surface area contributed by atoms with Crippen molar-refractivity contribution in [3.05, 3.63) is 77.9 Å². The predicted octanol–water partition coefficient (Wildman–Crippen LogP) is 5.21. The zero-order valence-electron chi connectivity index (χ0n) is 17.6. The molecule has 0 aliphatic rings. The first-order chi connectivity index (χ1) is 14.5. The molecule has 1 amide bonds. The lowest BCUT2D eigenvalue weighted by atomic mass is 10.1. The highest BCUT2D eigenvalue weighted by Crippen LogP contribution is 2.30. The smallest absolute Gasteiger partial charge is 0.255 e. The maximum Gasteiger partial charge on any atom is 0.255 e. The van der Waals surface area contributed by atoms with Crippen molar-refractivity contribution in [1.29, 1.82) is 0 Å². The van der Waals surface area contributed by atoms with Crippen LogP contribution >= 0.6 is 0 Å². The van der Waals surface area contributed by atoms with Crippen molar-refractivity contribution in [3.63, 3.8) is 0 Å². The lowest BCUT2D eigenvalue weighted by Crippen LogP contribution is -2.27. The van der Waals surface area contributed by atoms with Gasteiger partial charge in [-0.05, 0) is 42.8 Å². The van der Waals surface area contributed by atoms with Crippen LogP contribution < -0.4 is 0 Å². The molecule has 0 spiro atoms. The summed E-state index contributed by atoms with van der Waals surface area (Å²) in [4.78, 5) is 15.4. The minimum Gasteiger partial charge on any atom is -0.341 e. The Morgan fingerprint density at radius 1 is 0.933 bits per heavy atom. The summed E-state index contributed by atoms with van der Waals surface area (Å²) in [7, 11) is 0.631. The summed E-state index contributed by atoms with van der Waals surface area (Å²) >= 11 is 0. The number of benzene rings is 3. The maximum absolute atomic E-state index is 13.1. The fourth-order valence-corrected chi connectivity index (χ4v) is 5.03. The van der Waals surface area contributed by atoms with Crippen molar-refractivity contribution in [1.82, 2.24) is 9.47 Å². The monoisotopic (exact) mass is 418 g/mol. The van der Waals surface area contributed by atoms with Gasteiger partial charge in [-0.15, -0.1) is 0 Å². The van der Waals surface area contributed by atoms with E-state index in [0.717, 1.165) is 12.1 Å². The van der Waals surface area contributed by atoms with E-state index in [-0.39, 0.29) is 5.91 Å². The van der Waals surface area contributed by atoms with Crippen LogP contribution in [0.25, 0.3) is 21.8 Å². The highest BCUT2D eigenvalue weighted by molar-refractivity contribution is 7.85. The van der Waals surface area contributed by atoms with Crippen LogP contribution in [0.15, 0.2) is 71.6 Å². The summed E-state index contributed by atoms with van der Waals surface area (Å²) in [6, 6.07) is 22.1. The number of carbonyl (C=O) groups is 1. The Hall–Kier alpha value is -2.92. The molecule has 0 aliphatic carbocycles. The van der Waals surface area contributed by atoms with Crippen molar-refractivity contribution in [2.75, 3.05) is 12.8 Å². The van der Waals surface area contributed by atoms with Crippen molar-refractivity contribution in [2.24, 2.45) is 0 Å². The molecule has 4 rings (SSSR count). The van der Waals surface area contributed by atoms with E-state index in [9.17, 15) is 9.00 Å². The van der Waals surface area contributed by atoms with Gasteiger partial charge >= 0.3 is 0 Å². The fraction of sp³-hybridized carbons (Fsp3) is 0.240. The second kappa shape index (κ2) is 8.44. The van der Waals surface area contributed by atoms with E-state index in [1.54, 1.807) is 24.1 Å². The second-order valence-electron chi connectivity index (χ2n) is 7.40. The summed E-state index contributed by atoms with van der Waals surface area (Å²) in [6.45, 7) is 5.42. The Labute approximate surface area is 179 Å². The lowest BCUT2D eigenvalue weighted by Gasteiger charge is -2.19. The number of rotatable bonds is 6. The molecular weight excluding hydrogens is 392 g/mol. The molecule has 0 aliphatic heterocycles. The van der Waals surface area contributed by atoms with E-state index >= 15 is 0 Å². The van der Waals surface area contributed by atoms with Gasteiger partial charge in [-0.2, -0.15) is 0 Å². The third-order valence-electron chi connectivity index (χ3n) is 5.54. The molecule has 0 N–H and O–H groups in total. The zero-order chi connectivity index (χ0) is 21.3. The number of nitrogens with zero attached hydrogens (tertiary/aromatic N) is 2. The Morgan fingerprint density at radius 3 is 2.40 bits per heavy atom. The minimum absolute atomic E-state index is 0.108. The van der Waals surface area contributed by atoms with Crippen molar-refractivity contribution in [3.8, 4) is 0 Å². The second-order valence-corrected chi connectivity index (χ2v) is 9.11. The number of hydrogen-bond donors (Lipinski definition) is 0. The molecule has 0 saturated carbocycles. The predicted molar refractivity (Wildman–Crippen MR) is 124 cm³/mol. The number of aryl methyl sites for hydroxylation is 1. The highest BCUT2D eigenvalue weighted by atomic mass is 32.2. The van der Waals surface area contributed by atoms with Gasteiger partial charge in [0.1, 0.15) is 0 Å². The Bertz CT molecular complexity index is 1260. The quantitative estimate of drug-likeness (QED) is 0.431. The van der Waals surface area contributed by atoms with E-state index in [1.165, 1.54) is 21.8 Å². The maximum atomic E-state index is 13.1. The topological polar surface area (TPSA) is 42.3 Å². The van der Waals surface area contributed by atoms with E-state index in [1.807, 2.05) is 19.1 Å². The van der Waals surface area contributed by atoms with Crippen molar-refractivity contribution >= 4 is 38.5 Å². The highest BCUT2D eigenvalue weighted by Gasteiger charge is 2.19. The molecule has 1 atom stereocenters. The van der Waals surface area contributed by atoms with Gasteiger partial charge < -0.3 is 9.47 Å². The van der Waals surface area contributed by atoms with Crippen molar-refractivity contribution in [2.45, 2.75) is 31.8 Å². The number of carbonyl (C=O) groups excluding carboxylic acids is 1. The zero-order valence-corrected chi connectivity index (χ0v) is 18.4. The van der Waals surface area contributed by atoms with Crippen LogP contribution in [-0.2, 0) is 23.9 Å². The van der Waals surface area contributed by atoms with Crippen LogP contribution in [0.2, 0.25) is 0 Å². The lowest BCUT2D eigenvalue weighted by molar-refractivity contribution is 0.0781. The largest absolute Gasteiger partial charge is 0.341 e. The van der Waals surface area contributed by atoms with E-state index < -0.39 is 10.8 Å². The Balaban J connectivity index is 1.67. The average Bonchev–Trinajstić information content (AvgIpc) is 3.11. The average molecular weight is 419 g/mol. The number of aromatic nitrogens is 1. The third kappa shape index (κ3) is 3.54. The SMILES string of the molecule is CCn1c2ccccc2c2cc(CN(C)C(=O)c3ccccc3S(=O)CC)ccc21. The number of amides is 1. The van der Waals surface area contributed by atoms with Crippen LogP contribution in [-0.4, -0.2) is 32.4 Å². The summed E-state index contributed by atoms with van der Waals surface area (Å²) < 4.78 is 14.7. The van der Waals surface area contributed by atoms with Gasteiger partial charge in [-0.1, -0.05) is 43.3 Å². The van der Waals surface area contributed by atoms with Gasteiger partial charge in [0.05, 0.1) is 21.3 Å². The summed E-state index contributed by atoms with van der Waals surface area (Å²) in [5.74, 6) is 0.384. The molecule has 4 nitrogen and oxygen atoms in total. The number of para-hydroxylation sites is 1. The van der Waals surface area contributed by atoms with E-state index in [2.05, 4.69) is 54.0 Å². The van der Waals surface area contributed by atoms with Gasteiger partial charge in [0.15, 0.2) is 0 Å². The van der Waals surface area contributed by atoms with Gasteiger partial charge in [0.2, 0.25) is 0 Å². The molecule has 154 valence electrons. The van der Waals surface area contributed by atoms with Crippen LogP contribution in [0.1, 0.15) is 29.8 Å². The van der Waals surface area contributed by atoms with Gasteiger partial charge in [0.25, 0.3) is 5.91 Å². The fourth-order valence-electron chi connectivity index (χ4n) is 4.09. The molecule has 3 aromatic carbocycles. The first kappa shape index (κ1) is 20.4. The van der Waals surface area contributed by atoms with Gasteiger partial charge in [-0.3, -0.25) is 9.00 Å². The summed E-state index contributed by atoms with van der Waals surface area (Å²) in [5.41, 5.74) is 4.03. The molecule has 0 bridgehead atoms. The molecule has 4 aromatic rings. The summed E-state index contributed by atoms with van der Waals surface area (Å²) in [5, 5.41) is 2.44. The molecule has 1 aromatic heterocycles. The van der Waals surface area contributed by atoms with E-state index in [4.69, 9.17) is 0 Å². The number of fused-ring (bicyclic) bond motifs is 3. The van der Waals surface area contributed by atoms with Gasteiger partial charge in [-0.25, -0.2) is 0 Å². The molecule has 0 saturated heterocycles. The van der Waals surface area contributed by atoms with Crippen LogP contribution in [0, 0.1) is 0 Å². The molecule has 0 fully saturated rings. The Kier molecular flexibility index (Phi) is 5.73. The van der Waals surface area contributed by atoms with Crippen molar-refractivity contribution < 1.29 is 9.00 Å². The van der Waals surface area contributed by atoms with Crippen LogP contribution in [0.5, 0.6) is 0 Å². The first-order valence-electron chi connectivity index (χ1n) is 10.3. The summed E-state index contributed by atoms with van der Waals surface area (Å²) in [6.07, 6.45) is 0.